The maximum atomic E-state index is 0. The smallest absolute Gasteiger partial charge is 0 e. The molecule has 0 fully saturated rings. The van der Waals surface area contributed by atoms with E-state index in [0.717, 1.165) is 0 Å². The van der Waals surface area contributed by atoms with Gasteiger partial charge in [-0.25, -0.2) is 0 Å². The van der Waals surface area contributed by atoms with Gasteiger partial charge in [0.15, 0.2) is 0 Å². The van der Waals surface area contributed by atoms with Crippen molar-refractivity contribution in [3.8, 4) is 0 Å². The Hall–Kier alpha value is 0.522. The molecule has 0 aliphatic carbocycles. The van der Waals surface area contributed by atoms with E-state index in [0.29, 0.717) is 0 Å². The van der Waals surface area contributed by atoms with E-state index >= 15 is 0 Å². The van der Waals surface area contributed by atoms with Crippen molar-refractivity contribution in [2.75, 3.05) is 0 Å². The van der Waals surface area contributed by atoms with Crippen LogP contribution >= 0.6 is 0 Å². The van der Waals surface area contributed by atoms with Crippen molar-refractivity contribution in [1.29, 1.82) is 0 Å². The molecule has 0 atom stereocenters. The van der Waals surface area contributed by atoms with Crippen molar-refractivity contribution in [3.05, 3.63) is 0 Å². The maximum absolute atomic E-state index is 0. The van der Waals surface area contributed by atoms with Crippen LogP contribution in [0.2, 0.25) is 0 Å². The third-order valence-electron chi connectivity index (χ3n) is 0. The van der Waals surface area contributed by atoms with Crippen LogP contribution in [0.3, 0.4) is 0 Å². The minimum absolute atomic E-state index is 0. The Labute approximate surface area is 70.5 Å². The van der Waals surface area contributed by atoms with Gasteiger partial charge in [-0.15, -0.1) is 0 Å². The van der Waals surface area contributed by atoms with Gasteiger partial charge in [0.05, 0.1) is 0 Å². The molecule has 0 bridgehead atoms. The molecular formula is H4F7NU-6. The Balaban J connectivity index is 0. The van der Waals surface area contributed by atoms with Crippen molar-refractivity contribution in [2.24, 2.45) is 0 Å². The van der Waals surface area contributed by atoms with Crippen LogP contribution < -0.4 is 39.1 Å². The monoisotopic (exact) mass is 389 g/mol. The van der Waals surface area contributed by atoms with Gasteiger partial charge >= 0.3 is 0 Å². The van der Waals surface area contributed by atoms with E-state index in [1.54, 1.807) is 0 Å². The van der Waals surface area contributed by atoms with Crippen LogP contribution in [0.4, 0.5) is 0 Å². The summed E-state index contributed by atoms with van der Waals surface area (Å²) in [5.41, 5.74) is 0. The summed E-state index contributed by atoms with van der Waals surface area (Å²) < 4.78 is 0. The summed E-state index contributed by atoms with van der Waals surface area (Å²) in [6, 6.07) is 0. The summed E-state index contributed by atoms with van der Waals surface area (Å²) in [6.07, 6.45) is 0. The first kappa shape index (κ1) is 2540. The molecule has 9 heavy (non-hydrogen) atoms. The van der Waals surface area contributed by atoms with Crippen molar-refractivity contribution >= 4 is 0 Å². The number of quaternary nitrogens is 1. The van der Waals surface area contributed by atoms with E-state index < -0.39 is 0 Å². The number of halogens is 7. The Morgan fingerprint density at radius 2 is 0.333 bits per heavy atom. The summed E-state index contributed by atoms with van der Waals surface area (Å²) in [5, 5.41) is 0. The van der Waals surface area contributed by atoms with E-state index in [4.69, 9.17) is 0 Å². The quantitative estimate of drug-likeness (QED) is 0.400. The van der Waals surface area contributed by atoms with E-state index in [2.05, 4.69) is 0 Å². The SMILES string of the molecule is [F-].[F-].[F-].[F-].[F-].[F-].[F-].[NH4+].[U]. The average Bonchev–Trinajstić information content (AvgIpc) is 0. The fourth-order valence-corrected chi connectivity index (χ4v) is 0. The molecule has 0 aliphatic rings. The minimum atomic E-state index is 0. The van der Waals surface area contributed by atoms with E-state index in [9.17, 15) is 0 Å². The first-order valence-electron chi connectivity index (χ1n) is 0. The molecular weight excluding hydrogens is 385 g/mol. The maximum Gasteiger partial charge on any atom is 0 e. The molecule has 0 unspecified atom stereocenters. The molecule has 4 N–H and O–H groups in total. The molecule has 0 saturated heterocycles. The van der Waals surface area contributed by atoms with Crippen LogP contribution in [-0.2, 0) is 0 Å². The fraction of sp³-hybridized carbons (Fsp3) is 0. The Kier molecular flexibility index (Phi) is 499000. The molecule has 0 saturated carbocycles. The molecule has 0 aliphatic heterocycles. The standard InChI is InChI=1S/7FH.H3N.U/h7*1H;1H3;/p-6. The molecule has 1 nitrogen and oxygen atoms in total. The van der Waals surface area contributed by atoms with E-state index in [1.165, 1.54) is 0 Å². The summed E-state index contributed by atoms with van der Waals surface area (Å²) in [4.78, 5) is 0. The van der Waals surface area contributed by atoms with Crippen molar-refractivity contribution in [1.82, 2.24) is 6.15 Å². The average molecular weight is 389 g/mol. The molecule has 0 aromatic heterocycles. The predicted octanol–water partition coefficient (Wildman–Crippen LogP) is -20.6. The summed E-state index contributed by atoms with van der Waals surface area (Å²) in [5.74, 6) is 0. The van der Waals surface area contributed by atoms with E-state index in [1.807, 2.05) is 0 Å². The van der Waals surface area contributed by atoms with Crippen molar-refractivity contribution < 1.29 is 64.0 Å². The van der Waals surface area contributed by atoms with Gasteiger partial charge in [-0.3, -0.25) is 0 Å². The second-order valence-corrected chi connectivity index (χ2v) is 0. The topological polar surface area (TPSA) is 36.5 Å². The van der Waals surface area contributed by atoms with Crippen LogP contribution in [0, 0.1) is 31.1 Å². The van der Waals surface area contributed by atoms with Crippen LogP contribution in [0.25, 0.3) is 0 Å². The van der Waals surface area contributed by atoms with Crippen molar-refractivity contribution in [3.63, 3.8) is 0 Å². The van der Waals surface area contributed by atoms with Gasteiger partial charge in [0, 0.05) is 31.1 Å². The largest absolute Gasteiger partial charge is 1.00 e. The van der Waals surface area contributed by atoms with Crippen LogP contribution in [0.1, 0.15) is 0 Å². The molecule has 0 spiro atoms. The van der Waals surface area contributed by atoms with Crippen LogP contribution in [0.5, 0.6) is 0 Å². The Bertz CT molecular complexity index is 8.88. The molecule has 0 rings (SSSR count). The zero-order chi connectivity index (χ0) is 0. The molecule has 0 aromatic rings. The zero-order valence-electron chi connectivity index (χ0n) is 4.15. The van der Waals surface area contributed by atoms with Crippen LogP contribution in [0.15, 0.2) is 0 Å². The van der Waals surface area contributed by atoms with Gasteiger partial charge in [-0.2, -0.15) is 0 Å². The normalized spacial score (nSPS) is 0. The number of hydrogen-bond donors (Lipinski definition) is 1. The fourth-order valence-electron chi connectivity index (χ4n) is 0. The first-order valence-corrected chi connectivity index (χ1v) is 0. The van der Waals surface area contributed by atoms with Gasteiger partial charge in [0.25, 0.3) is 0 Å². The molecule has 0 aromatic carbocycles. The molecule has 9 heteroatoms. The van der Waals surface area contributed by atoms with E-state index in [-0.39, 0.29) is 70.2 Å². The second kappa shape index (κ2) is 1770. The number of hydrogen-bond acceptors (Lipinski definition) is 0. The summed E-state index contributed by atoms with van der Waals surface area (Å²) in [6.45, 7) is 0. The third-order valence-corrected chi connectivity index (χ3v) is 0. The third kappa shape index (κ3) is 1330. The number of rotatable bonds is 0. The van der Waals surface area contributed by atoms with Gasteiger partial charge in [0.2, 0.25) is 0 Å². The predicted molar refractivity (Wildman–Crippen MR) is 5.98 cm³/mol. The van der Waals surface area contributed by atoms with Gasteiger partial charge < -0.3 is 39.1 Å². The Morgan fingerprint density at radius 1 is 0.333 bits per heavy atom. The first-order chi connectivity index (χ1) is 0. The molecule has 68 valence electrons. The second-order valence-electron chi connectivity index (χ2n) is 0. The van der Waals surface area contributed by atoms with Crippen LogP contribution in [-0.4, -0.2) is 0 Å². The molecule has 0 radical (unpaired) electrons. The summed E-state index contributed by atoms with van der Waals surface area (Å²) in [7, 11) is 0. The molecule has 0 amide bonds. The van der Waals surface area contributed by atoms with Crippen molar-refractivity contribution in [2.45, 2.75) is 0 Å². The summed E-state index contributed by atoms with van der Waals surface area (Å²) >= 11 is 0. The Morgan fingerprint density at radius 3 is 0.333 bits per heavy atom. The van der Waals surface area contributed by atoms with Gasteiger partial charge in [-0.05, 0) is 0 Å². The van der Waals surface area contributed by atoms with Gasteiger partial charge in [0.1, 0.15) is 0 Å². The minimum Gasteiger partial charge on any atom is -1.00 e. The van der Waals surface area contributed by atoms with Gasteiger partial charge in [-0.1, -0.05) is 0 Å². The molecule has 0 heterocycles. The zero-order valence-corrected chi connectivity index (χ0v) is 8.31.